The molecule has 0 aliphatic carbocycles. The van der Waals surface area contributed by atoms with E-state index in [9.17, 15) is 92.9 Å². The van der Waals surface area contributed by atoms with Gasteiger partial charge in [-0.25, -0.2) is 0 Å². The van der Waals surface area contributed by atoms with Gasteiger partial charge in [0.1, 0.15) is 0 Å². The summed E-state index contributed by atoms with van der Waals surface area (Å²) in [5.41, 5.74) is -9.23. The summed E-state index contributed by atoms with van der Waals surface area (Å²) >= 11 is 0. The molecule has 216 valence electrons. The lowest BCUT2D eigenvalue weighted by atomic mass is 9.79. The van der Waals surface area contributed by atoms with E-state index in [2.05, 4.69) is 0 Å². The van der Waals surface area contributed by atoms with Crippen LogP contribution in [0.1, 0.15) is 5.56 Å². The molecule has 0 aliphatic rings. The molecule has 1 atom stereocenters. The fourth-order valence-corrected chi connectivity index (χ4v) is 2.59. The Balaban J connectivity index is 3.95. The van der Waals surface area contributed by atoms with Gasteiger partial charge in [-0.15, -0.1) is 0 Å². The molecule has 0 spiro atoms. The molecule has 1 unspecified atom stereocenters. The van der Waals surface area contributed by atoms with Crippen LogP contribution in [0.15, 0.2) is 30.3 Å². The molecule has 1 rings (SSSR count). The maximum atomic E-state index is 14.3. The molecule has 0 aromatic heterocycles. The van der Waals surface area contributed by atoms with Crippen LogP contribution in [0.2, 0.25) is 0 Å². The van der Waals surface area contributed by atoms with Crippen molar-refractivity contribution in [2.24, 2.45) is 0 Å². The van der Waals surface area contributed by atoms with Gasteiger partial charge in [0.05, 0.1) is 0 Å². The van der Waals surface area contributed by atoms with Gasteiger partial charge in [-0.05, 0) is 5.56 Å². The molecular weight excluding hydrogens is 588 g/mol. The van der Waals surface area contributed by atoms with Gasteiger partial charge in [0.25, 0.3) is 5.60 Å². The van der Waals surface area contributed by atoms with Crippen molar-refractivity contribution in [3.63, 3.8) is 0 Å². The van der Waals surface area contributed by atoms with Crippen molar-refractivity contribution in [2.75, 3.05) is 0 Å². The second-order valence-corrected chi connectivity index (χ2v) is 7.09. The average molecular weight is 594 g/mol. The van der Waals surface area contributed by atoms with Crippen LogP contribution in [0.5, 0.6) is 0 Å². The minimum absolute atomic E-state index is 0.237. The maximum absolute atomic E-state index is 14.3. The van der Waals surface area contributed by atoms with E-state index in [0.717, 1.165) is 0 Å². The van der Waals surface area contributed by atoms with Gasteiger partial charge in [0.2, 0.25) is 0 Å². The van der Waals surface area contributed by atoms with Gasteiger partial charge in [-0.3, -0.25) is 0 Å². The van der Waals surface area contributed by atoms with Gasteiger partial charge >= 0.3 is 53.8 Å². The quantitative estimate of drug-likeness (QED) is 0.311. The van der Waals surface area contributed by atoms with E-state index in [-0.39, 0.29) is 24.3 Å². The summed E-state index contributed by atoms with van der Waals surface area (Å²) in [4.78, 5) is 0. The summed E-state index contributed by atoms with van der Waals surface area (Å²) in [6.07, 6.45) is -15.2. The molecule has 1 aromatic rings. The van der Waals surface area contributed by atoms with Crippen LogP contribution in [0, 0.1) is 0 Å². The highest BCUT2D eigenvalue weighted by molar-refractivity contribution is 5.30. The molecule has 0 radical (unpaired) electrons. The molecule has 0 saturated carbocycles. The molecule has 37 heavy (non-hydrogen) atoms. The van der Waals surface area contributed by atoms with Crippen molar-refractivity contribution in [1.29, 1.82) is 0 Å². The number of hydrogen-bond donors (Lipinski definition) is 1. The topological polar surface area (TPSA) is 20.2 Å². The Bertz CT molecular complexity index is 959. The highest BCUT2D eigenvalue weighted by Crippen LogP contribution is 2.66. The fourth-order valence-electron chi connectivity index (χ4n) is 2.59. The van der Waals surface area contributed by atoms with Crippen LogP contribution in [0.4, 0.5) is 87.8 Å². The molecule has 0 aliphatic heterocycles. The Kier molecular flexibility index (Phi) is 7.44. The molecule has 21 heteroatoms. The number of hydrogen-bond acceptors (Lipinski definition) is 1. The van der Waals surface area contributed by atoms with Crippen molar-refractivity contribution >= 4 is 0 Å². The van der Waals surface area contributed by atoms with E-state index in [1.807, 2.05) is 0 Å². The summed E-state index contributed by atoms with van der Waals surface area (Å²) in [6, 6.07) is 0.408. The normalized spacial score (nSPS) is 17.5. The van der Waals surface area contributed by atoms with E-state index in [0.29, 0.717) is 6.07 Å². The lowest BCUT2D eigenvalue weighted by Crippen LogP contribution is -2.77. The zero-order valence-corrected chi connectivity index (χ0v) is 16.4. The van der Waals surface area contributed by atoms with Gasteiger partial charge in [0.15, 0.2) is 0 Å². The summed E-state index contributed by atoms with van der Waals surface area (Å²) in [6.45, 7) is 0. The van der Waals surface area contributed by atoms with Gasteiger partial charge in [0, 0.05) is 0 Å². The zero-order chi connectivity index (χ0) is 30.1. The van der Waals surface area contributed by atoms with Crippen molar-refractivity contribution in [2.45, 2.75) is 59.4 Å². The molecule has 1 nitrogen and oxygen atoms in total. The highest BCUT2D eigenvalue weighted by atomic mass is 19.4. The smallest absolute Gasteiger partial charge is 0.372 e. The first-order valence-corrected chi connectivity index (χ1v) is 8.41. The minimum atomic E-state index is -9.08. The van der Waals surface area contributed by atoms with Crippen molar-refractivity contribution < 1.29 is 92.9 Å². The number of rotatable bonds is 8. The predicted molar refractivity (Wildman–Crippen MR) is 77.1 cm³/mol. The third kappa shape index (κ3) is 3.96. The number of benzene rings is 1. The SMILES string of the molecule is OC(c1ccccc1)(C(F)(F)F)C(F)(F)C(F)(F)C(F)(F)C(F)(F)C(F)(F)C(F)(F)C(F)(F)C(F)(F)F. The van der Waals surface area contributed by atoms with Crippen LogP contribution in [-0.2, 0) is 5.60 Å². The van der Waals surface area contributed by atoms with Crippen LogP contribution >= 0.6 is 0 Å². The first-order chi connectivity index (χ1) is 15.9. The number of aliphatic hydroxyl groups is 1. The predicted octanol–water partition coefficient (Wildman–Crippen LogP) is 7.45. The Morgan fingerprint density at radius 1 is 0.351 bits per heavy atom. The van der Waals surface area contributed by atoms with Gasteiger partial charge in [-0.1, -0.05) is 30.3 Å². The standard InChI is InChI=1S/C16H6F20O/c17-8(18,7(37,15(31,32)33)6-4-2-1-3-5-6)9(19,20)10(21,22)11(23,24)12(25,26)13(27,28)14(29,30)16(34,35)36/h1-5,37H. The first-order valence-electron chi connectivity index (χ1n) is 8.41. The number of alkyl halides is 20. The lowest BCUT2D eigenvalue weighted by Gasteiger charge is -2.46. The Hall–Kier alpha value is -2.22. The lowest BCUT2D eigenvalue weighted by molar-refractivity contribution is -0.476. The number of halogens is 20. The summed E-state index contributed by atoms with van der Waals surface area (Å²) in [5.74, 6) is -61.2. The third-order valence-electron chi connectivity index (χ3n) is 4.78. The molecule has 0 heterocycles. The zero-order valence-electron chi connectivity index (χ0n) is 16.4. The van der Waals surface area contributed by atoms with E-state index in [4.69, 9.17) is 0 Å². The monoisotopic (exact) mass is 594 g/mol. The van der Waals surface area contributed by atoms with E-state index < -0.39 is 65.0 Å². The second kappa shape index (κ2) is 8.39. The van der Waals surface area contributed by atoms with Crippen LogP contribution in [-0.4, -0.2) is 58.9 Å². The Labute approximate surface area is 189 Å². The summed E-state index contributed by atoms with van der Waals surface area (Å²) in [5, 5.41) is 9.37. The van der Waals surface area contributed by atoms with E-state index in [1.165, 1.54) is 0 Å². The third-order valence-corrected chi connectivity index (χ3v) is 4.78. The molecule has 0 saturated heterocycles. The molecule has 0 amide bonds. The maximum Gasteiger partial charge on any atom is 0.460 e. The Morgan fingerprint density at radius 3 is 0.892 bits per heavy atom. The minimum Gasteiger partial charge on any atom is -0.372 e. The Morgan fingerprint density at radius 2 is 0.622 bits per heavy atom. The van der Waals surface area contributed by atoms with Crippen molar-refractivity contribution in [1.82, 2.24) is 0 Å². The first kappa shape index (κ1) is 32.8. The van der Waals surface area contributed by atoms with Crippen molar-refractivity contribution in [3.05, 3.63) is 35.9 Å². The molecular formula is C16H6F20O. The second-order valence-electron chi connectivity index (χ2n) is 7.09. The molecule has 0 bridgehead atoms. The van der Waals surface area contributed by atoms with Gasteiger partial charge < -0.3 is 5.11 Å². The van der Waals surface area contributed by atoms with E-state index >= 15 is 0 Å². The molecule has 0 fully saturated rings. The molecule has 1 N–H and O–H groups in total. The average Bonchev–Trinajstić information content (AvgIpc) is 2.71. The van der Waals surface area contributed by atoms with Crippen LogP contribution in [0.25, 0.3) is 0 Å². The van der Waals surface area contributed by atoms with Gasteiger partial charge in [-0.2, -0.15) is 87.8 Å². The van der Waals surface area contributed by atoms with E-state index in [1.54, 1.807) is 0 Å². The van der Waals surface area contributed by atoms with Crippen LogP contribution in [0.3, 0.4) is 0 Å². The summed E-state index contributed by atoms with van der Waals surface area (Å²) < 4.78 is 266. The summed E-state index contributed by atoms with van der Waals surface area (Å²) in [7, 11) is 0. The van der Waals surface area contributed by atoms with Crippen molar-refractivity contribution in [3.8, 4) is 0 Å². The molecule has 1 aromatic carbocycles. The largest absolute Gasteiger partial charge is 0.460 e. The van der Waals surface area contributed by atoms with Crippen LogP contribution < -0.4 is 0 Å². The fraction of sp³-hybridized carbons (Fsp3) is 0.625. The highest BCUT2D eigenvalue weighted by Gasteiger charge is 2.97.